The minimum atomic E-state index is -2.94. The van der Waals surface area contributed by atoms with Crippen LogP contribution in [0.4, 0.5) is 8.78 Å². The molecule has 0 aliphatic heterocycles. The van der Waals surface area contributed by atoms with Crippen molar-refractivity contribution >= 4 is 5.71 Å². The van der Waals surface area contributed by atoms with Crippen LogP contribution >= 0.6 is 0 Å². The Morgan fingerprint density at radius 2 is 1.88 bits per heavy atom. The summed E-state index contributed by atoms with van der Waals surface area (Å²) in [5.74, 6) is 0.267. The SMILES string of the molecule is N#CC1(c2ccc(OC(F)F)c(OC3CCCC3)c2)CCC(=NO)CC1. The maximum Gasteiger partial charge on any atom is 0.387 e. The fourth-order valence-corrected chi connectivity index (χ4v) is 3.81. The van der Waals surface area contributed by atoms with Gasteiger partial charge < -0.3 is 14.7 Å². The molecule has 0 aromatic heterocycles. The van der Waals surface area contributed by atoms with E-state index in [0.717, 1.165) is 31.2 Å². The smallest absolute Gasteiger partial charge is 0.387 e. The molecule has 0 spiro atoms. The van der Waals surface area contributed by atoms with Crippen LogP contribution in [-0.2, 0) is 5.41 Å². The first kappa shape index (κ1) is 18.4. The third kappa shape index (κ3) is 3.90. The summed E-state index contributed by atoms with van der Waals surface area (Å²) >= 11 is 0. The molecule has 5 nitrogen and oxygen atoms in total. The molecule has 0 bridgehead atoms. The lowest BCUT2D eigenvalue weighted by atomic mass is 9.70. The molecule has 140 valence electrons. The van der Waals surface area contributed by atoms with Crippen LogP contribution in [0.25, 0.3) is 0 Å². The van der Waals surface area contributed by atoms with Crippen LogP contribution in [-0.4, -0.2) is 23.6 Å². The lowest BCUT2D eigenvalue weighted by Gasteiger charge is -2.32. The minimum Gasteiger partial charge on any atom is -0.487 e. The second-order valence-corrected chi connectivity index (χ2v) is 6.92. The number of alkyl halides is 2. The number of ether oxygens (including phenoxy) is 2. The highest BCUT2D eigenvalue weighted by Gasteiger charge is 2.37. The fraction of sp³-hybridized carbons (Fsp3) is 0.579. The van der Waals surface area contributed by atoms with Gasteiger partial charge in [0.05, 0.1) is 23.3 Å². The van der Waals surface area contributed by atoms with Gasteiger partial charge in [0.1, 0.15) is 0 Å². The monoisotopic (exact) mass is 364 g/mol. The van der Waals surface area contributed by atoms with E-state index >= 15 is 0 Å². The van der Waals surface area contributed by atoms with Crippen molar-refractivity contribution in [3.63, 3.8) is 0 Å². The van der Waals surface area contributed by atoms with E-state index in [0.29, 0.717) is 31.4 Å². The van der Waals surface area contributed by atoms with Gasteiger partial charge in [0, 0.05) is 0 Å². The van der Waals surface area contributed by atoms with Gasteiger partial charge in [0.25, 0.3) is 0 Å². The highest BCUT2D eigenvalue weighted by Crippen LogP contribution is 2.42. The minimum absolute atomic E-state index is 0.00263. The van der Waals surface area contributed by atoms with Crippen molar-refractivity contribution in [1.29, 1.82) is 5.26 Å². The van der Waals surface area contributed by atoms with Gasteiger partial charge in [-0.15, -0.1) is 0 Å². The summed E-state index contributed by atoms with van der Waals surface area (Å²) in [6.07, 6.45) is 5.96. The third-order valence-corrected chi connectivity index (χ3v) is 5.34. The Bertz CT molecular complexity index is 699. The van der Waals surface area contributed by atoms with Crippen LogP contribution in [0.2, 0.25) is 0 Å². The molecule has 2 aliphatic carbocycles. The molecule has 3 rings (SSSR count). The van der Waals surface area contributed by atoms with Gasteiger partial charge >= 0.3 is 6.61 Å². The van der Waals surface area contributed by atoms with E-state index in [1.54, 1.807) is 12.1 Å². The van der Waals surface area contributed by atoms with Gasteiger partial charge in [0.15, 0.2) is 11.5 Å². The molecule has 26 heavy (non-hydrogen) atoms. The van der Waals surface area contributed by atoms with E-state index in [-0.39, 0.29) is 17.6 Å². The molecular formula is C19H22F2N2O3. The van der Waals surface area contributed by atoms with Crippen molar-refractivity contribution in [2.45, 2.75) is 69.5 Å². The van der Waals surface area contributed by atoms with Crippen LogP contribution in [0.3, 0.4) is 0 Å². The number of oxime groups is 1. The first-order valence-corrected chi connectivity index (χ1v) is 8.93. The van der Waals surface area contributed by atoms with Crippen molar-refractivity contribution in [3.8, 4) is 17.6 Å². The Morgan fingerprint density at radius 1 is 1.19 bits per heavy atom. The molecular weight excluding hydrogens is 342 g/mol. The number of benzene rings is 1. The predicted molar refractivity (Wildman–Crippen MR) is 90.9 cm³/mol. The lowest BCUT2D eigenvalue weighted by Crippen LogP contribution is -2.30. The van der Waals surface area contributed by atoms with Crippen LogP contribution < -0.4 is 9.47 Å². The largest absolute Gasteiger partial charge is 0.487 e. The second kappa shape index (κ2) is 7.90. The molecule has 1 aromatic carbocycles. The summed E-state index contributed by atoms with van der Waals surface area (Å²) in [5, 5.41) is 22.0. The first-order chi connectivity index (χ1) is 12.6. The fourth-order valence-electron chi connectivity index (χ4n) is 3.81. The summed E-state index contributed by atoms with van der Waals surface area (Å²) in [4.78, 5) is 0. The molecule has 2 aliphatic rings. The molecule has 0 unspecified atom stereocenters. The Balaban J connectivity index is 1.90. The Labute approximate surface area is 151 Å². The number of nitrogens with zero attached hydrogens (tertiary/aromatic N) is 2. The van der Waals surface area contributed by atoms with Crippen molar-refractivity contribution in [3.05, 3.63) is 23.8 Å². The van der Waals surface area contributed by atoms with Crippen LogP contribution in [0, 0.1) is 11.3 Å². The van der Waals surface area contributed by atoms with Gasteiger partial charge in [-0.2, -0.15) is 14.0 Å². The second-order valence-electron chi connectivity index (χ2n) is 6.92. The van der Waals surface area contributed by atoms with Crippen molar-refractivity contribution in [2.75, 3.05) is 0 Å². The molecule has 2 fully saturated rings. The lowest BCUT2D eigenvalue weighted by molar-refractivity contribution is -0.0520. The van der Waals surface area contributed by atoms with Crippen LogP contribution in [0.1, 0.15) is 56.9 Å². The van der Waals surface area contributed by atoms with E-state index < -0.39 is 12.0 Å². The van der Waals surface area contributed by atoms with Crippen LogP contribution in [0.15, 0.2) is 23.4 Å². The summed E-state index contributed by atoms with van der Waals surface area (Å²) in [5.41, 5.74) is 0.660. The molecule has 0 heterocycles. The normalized spacial score (nSPS) is 23.7. The van der Waals surface area contributed by atoms with Gasteiger partial charge in [-0.3, -0.25) is 0 Å². The summed E-state index contributed by atoms with van der Waals surface area (Å²) in [6, 6.07) is 7.16. The highest BCUT2D eigenvalue weighted by atomic mass is 19.3. The quantitative estimate of drug-likeness (QED) is 0.603. The number of nitriles is 1. The third-order valence-electron chi connectivity index (χ3n) is 5.34. The molecule has 1 N–H and O–H groups in total. The number of halogens is 2. The van der Waals surface area contributed by atoms with Crippen molar-refractivity contribution < 1.29 is 23.5 Å². The Morgan fingerprint density at radius 3 is 2.46 bits per heavy atom. The number of hydrogen-bond acceptors (Lipinski definition) is 5. The van der Waals surface area contributed by atoms with E-state index in [4.69, 9.17) is 9.94 Å². The zero-order chi connectivity index (χ0) is 18.6. The maximum atomic E-state index is 12.7. The highest BCUT2D eigenvalue weighted by molar-refractivity contribution is 5.85. The molecule has 1 aromatic rings. The Hall–Kier alpha value is -2.36. The van der Waals surface area contributed by atoms with E-state index in [9.17, 15) is 14.0 Å². The average Bonchev–Trinajstić information content (AvgIpc) is 3.16. The van der Waals surface area contributed by atoms with Crippen molar-refractivity contribution in [1.82, 2.24) is 0 Å². The van der Waals surface area contributed by atoms with E-state index in [2.05, 4.69) is 16.0 Å². The standard InChI is InChI=1S/C19H22F2N2O3/c20-18(21)26-16-6-5-13(11-17(16)25-15-3-1-2-4-15)19(12-22)9-7-14(23-24)8-10-19/h5-6,11,15,18,24H,1-4,7-10H2. The topological polar surface area (TPSA) is 74.8 Å². The van der Waals surface area contributed by atoms with E-state index in [1.165, 1.54) is 6.07 Å². The number of rotatable bonds is 5. The maximum absolute atomic E-state index is 12.7. The van der Waals surface area contributed by atoms with Gasteiger partial charge in [0.2, 0.25) is 0 Å². The molecule has 0 radical (unpaired) electrons. The molecule has 7 heteroatoms. The zero-order valence-electron chi connectivity index (χ0n) is 14.5. The molecule has 2 saturated carbocycles. The predicted octanol–water partition coefficient (Wildman–Crippen LogP) is 4.77. The molecule has 0 saturated heterocycles. The van der Waals surface area contributed by atoms with Gasteiger partial charge in [-0.05, 0) is 69.1 Å². The Kier molecular flexibility index (Phi) is 5.60. The number of hydrogen-bond donors (Lipinski definition) is 1. The zero-order valence-corrected chi connectivity index (χ0v) is 14.5. The van der Waals surface area contributed by atoms with Crippen LogP contribution in [0.5, 0.6) is 11.5 Å². The van der Waals surface area contributed by atoms with Gasteiger partial charge in [-0.1, -0.05) is 11.2 Å². The molecule has 0 atom stereocenters. The summed E-state index contributed by atoms with van der Waals surface area (Å²) in [7, 11) is 0. The summed E-state index contributed by atoms with van der Waals surface area (Å²) < 4.78 is 36.0. The molecule has 0 amide bonds. The van der Waals surface area contributed by atoms with Crippen molar-refractivity contribution in [2.24, 2.45) is 5.16 Å². The van der Waals surface area contributed by atoms with Gasteiger partial charge in [-0.25, -0.2) is 0 Å². The average molecular weight is 364 g/mol. The van der Waals surface area contributed by atoms with E-state index in [1.807, 2.05) is 0 Å². The first-order valence-electron chi connectivity index (χ1n) is 8.93. The summed E-state index contributed by atoms with van der Waals surface area (Å²) in [6.45, 7) is -2.94.